The van der Waals surface area contributed by atoms with E-state index in [0.717, 1.165) is 22.8 Å². The van der Waals surface area contributed by atoms with Crippen molar-refractivity contribution in [2.45, 2.75) is 0 Å². The average molecular weight is 286 g/mol. The highest BCUT2D eigenvalue weighted by atomic mass is 15.1. The summed E-state index contributed by atoms with van der Waals surface area (Å²) in [7, 11) is 0. The monoisotopic (exact) mass is 286 g/mol. The Kier molecular flexibility index (Phi) is 4.42. The van der Waals surface area contributed by atoms with Crippen LogP contribution in [0.5, 0.6) is 0 Å². The Morgan fingerprint density at radius 3 is 1.95 bits per heavy atom. The van der Waals surface area contributed by atoms with E-state index in [1.807, 2.05) is 72.8 Å². The molecule has 0 radical (unpaired) electrons. The zero-order chi connectivity index (χ0) is 15.0. The van der Waals surface area contributed by atoms with Crippen LogP contribution in [0.3, 0.4) is 0 Å². The Hall–Kier alpha value is -3.14. The van der Waals surface area contributed by atoms with Gasteiger partial charge in [-0.25, -0.2) is 0 Å². The predicted molar refractivity (Wildman–Crippen MR) is 88.6 cm³/mol. The standard InChI is InChI=1S/C18H14N4/c1-2-6-16(7-3-1)21-22-17-11-9-15(10-12-17)20-14-18-8-4-5-13-19-18/h1-14H. The van der Waals surface area contributed by atoms with Crippen molar-refractivity contribution in [1.29, 1.82) is 0 Å². The molecule has 0 aliphatic heterocycles. The zero-order valence-corrected chi connectivity index (χ0v) is 11.9. The average Bonchev–Trinajstić information content (AvgIpc) is 2.61. The second-order valence-electron chi connectivity index (χ2n) is 4.56. The molecule has 0 saturated heterocycles. The third-order valence-corrected chi connectivity index (χ3v) is 2.92. The maximum Gasteiger partial charge on any atom is 0.0858 e. The van der Waals surface area contributed by atoms with Crippen LogP contribution in [0, 0.1) is 0 Å². The van der Waals surface area contributed by atoms with Gasteiger partial charge in [0.05, 0.1) is 29.0 Å². The molecule has 3 aromatic rings. The molecule has 0 aliphatic rings. The third kappa shape index (κ3) is 3.93. The Morgan fingerprint density at radius 2 is 1.27 bits per heavy atom. The number of hydrogen-bond acceptors (Lipinski definition) is 4. The van der Waals surface area contributed by atoms with Gasteiger partial charge in [0.25, 0.3) is 0 Å². The summed E-state index contributed by atoms with van der Waals surface area (Å²) in [5.74, 6) is 0. The number of rotatable bonds is 4. The van der Waals surface area contributed by atoms with Gasteiger partial charge in [-0.3, -0.25) is 9.98 Å². The summed E-state index contributed by atoms with van der Waals surface area (Å²) in [6, 6.07) is 22.9. The van der Waals surface area contributed by atoms with Crippen molar-refractivity contribution >= 4 is 23.3 Å². The van der Waals surface area contributed by atoms with Crippen LogP contribution in [0.1, 0.15) is 5.69 Å². The minimum absolute atomic E-state index is 0.792. The predicted octanol–water partition coefficient (Wildman–Crippen LogP) is 5.25. The summed E-state index contributed by atoms with van der Waals surface area (Å²) in [6.07, 6.45) is 3.48. The molecule has 22 heavy (non-hydrogen) atoms. The maximum atomic E-state index is 4.38. The molecule has 0 amide bonds. The molecule has 106 valence electrons. The van der Waals surface area contributed by atoms with Gasteiger partial charge in [0, 0.05) is 6.20 Å². The molecule has 1 heterocycles. The van der Waals surface area contributed by atoms with Crippen LogP contribution < -0.4 is 0 Å². The second kappa shape index (κ2) is 7.04. The van der Waals surface area contributed by atoms with Crippen molar-refractivity contribution in [3.05, 3.63) is 84.7 Å². The van der Waals surface area contributed by atoms with Crippen LogP contribution in [0.25, 0.3) is 0 Å². The summed E-state index contributed by atoms with van der Waals surface area (Å²) in [4.78, 5) is 8.57. The van der Waals surface area contributed by atoms with Crippen LogP contribution in [0.15, 0.2) is 94.2 Å². The van der Waals surface area contributed by atoms with Crippen molar-refractivity contribution in [2.24, 2.45) is 15.2 Å². The summed E-state index contributed by atoms with van der Waals surface area (Å²) in [5, 5.41) is 8.37. The number of hydrogen-bond donors (Lipinski definition) is 0. The second-order valence-corrected chi connectivity index (χ2v) is 4.56. The largest absolute Gasteiger partial charge is 0.255 e. The lowest BCUT2D eigenvalue weighted by Gasteiger charge is -1.95. The van der Waals surface area contributed by atoms with E-state index in [1.54, 1.807) is 12.4 Å². The minimum atomic E-state index is 0.792. The number of aromatic nitrogens is 1. The molecule has 0 unspecified atom stereocenters. The van der Waals surface area contributed by atoms with E-state index < -0.39 is 0 Å². The quantitative estimate of drug-likeness (QED) is 0.477. The van der Waals surface area contributed by atoms with Gasteiger partial charge in [-0.15, -0.1) is 0 Å². The minimum Gasteiger partial charge on any atom is -0.255 e. The van der Waals surface area contributed by atoms with E-state index in [2.05, 4.69) is 20.2 Å². The van der Waals surface area contributed by atoms with E-state index in [4.69, 9.17) is 0 Å². The number of aliphatic imine (C=N–C) groups is 1. The molecule has 0 N–H and O–H groups in total. The number of pyridine rings is 1. The van der Waals surface area contributed by atoms with Gasteiger partial charge < -0.3 is 0 Å². The Bertz CT molecular complexity index is 695. The lowest BCUT2D eigenvalue weighted by atomic mass is 10.3. The van der Waals surface area contributed by atoms with E-state index in [1.165, 1.54) is 0 Å². The zero-order valence-electron chi connectivity index (χ0n) is 11.9. The Balaban J connectivity index is 1.68. The summed E-state index contributed by atoms with van der Waals surface area (Å²) in [6.45, 7) is 0. The molecular weight excluding hydrogens is 272 g/mol. The number of benzene rings is 2. The summed E-state index contributed by atoms with van der Waals surface area (Å²) < 4.78 is 0. The molecule has 0 spiro atoms. The molecule has 0 saturated carbocycles. The van der Waals surface area contributed by atoms with E-state index in [9.17, 15) is 0 Å². The smallest absolute Gasteiger partial charge is 0.0858 e. The molecule has 3 rings (SSSR count). The first kappa shape index (κ1) is 13.8. The van der Waals surface area contributed by atoms with Crippen LogP contribution in [0.2, 0.25) is 0 Å². The van der Waals surface area contributed by atoms with Crippen molar-refractivity contribution in [3.8, 4) is 0 Å². The Morgan fingerprint density at radius 1 is 0.636 bits per heavy atom. The molecule has 0 bridgehead atoms. The van der Waals surface area contributed by atoms with Crippen LogP contribution in [-0.4, -0.2) is 11.2 Å². The fourth-order valence-corrected chi connectivity index (χ4v) is 1.81. The highest BCUT2D eigenvalue weighted by Gasteiger charge is 1.92. The van der Waals surface area contributed by atoms with Gasteiger partial charge in [-0.05, 0) is 48.5 Å². The highest BCUT2D eigenvalue weighted by molar-refractivity contribution is 5.79. The highest BCUT2D eigenvalue weighted by Crippen LogP contribution is 2.21. The van der Waals surface area contributed by atoms with Crippen molar-refractivity contribution in [2.75, 3.05) is 0 Å². The third-order valence-electron chi connectivity index (χ3n) is 2.92. The molecular formula is C18H14N4. The van der Waals surface area contributed by atoms with Gasteiger partial charge in [0.1, 0.15) is 0 Å². The fourth-order valence-electron chi connectivity index (χ4n) is 1.81. The van der Waals surface area contributed by atoms with Gasteiger partial charge in [0.2, 0.25) is 0 Å². The maximum absolute atomic E-state index is 4.38. The first-order valence-electron chi connectivity index (χ1n) is 6.92. The van der Waals surface area contributed by atoms with Crippen molar-refractivity contribution < 1.29 is 0 Å². The molecule has 4 nitrogen and oxygen atoms in total. The lowest BCUT2D eigenvalue weighted by molar-refractivity contribution is 1.23. The van der Waals surface area contributed by atoms with Gasteiger partial charge in [0.15, 0.2) is 0 Å². The number of nitrogens with zero attached hydrogens (tertiary/aromatic N) is 4. The molecule has 1 aromatic heterocycles. The summed E-state index contributed by atoms with van der Waals surface area (Å²) >= 11 is 0. The van der Waals surface area contributed by atoms with Crippen molar-refractivity contribution in [1.82, 2.24) is 4.98 Å². The van der Waals surface area contributed by atoms with Crippen molar-refractivity contribution in [3.63, 3.8) is 0 Å². The van der Waals surface area contributed by atoms with E-state index in [0.29, 0.717) is 0 Å². The number of azo groups is 1. The molecule has 0 atom stereocenters. The summed E-state index contributed by atoms with van der Waals surface area (Å²) in [5.41, 5.74) is 3.31. The Labute approximate surface area is 128 Å². The fraction of sp³-hybridized carbons (Fsp3) is 0. The molecule has 2 aromatic carbocycles. The van der Waals surface area contributed by atoms with Gasteiger partial charge in [-0.2, -0.15) is 10.2 Å². The van der Waals surface area contributed by atoms with E-state index in [-0.39, 0.29) is 0 Å². The van der Waals surface area contributed by atoms with Gasteiger partial charge in [-0.1, -0.05) is 24.3 Å². The van der Waals surface area contributed by atoms with Crippen LogP contribution in [0.4, 0.5) is 17.1 Å². The normalized spacial score (nSPS) is 11.3. The first-order valence-corrected chi connectivity index (χ1v) is 6.92. The van der Waals surface area contributed by atoms with E-state index >= 15 is 0 Å². The topological polar surface area (TPSA) is 50.0 Å². The lowest BCUT2D eigenvalue weighted by Crippen LogP contribution is -1.83. The van der Waals surface area contributed by atoms with Crippen LogP contribution >= 0.6 is 0 Å². The van der Waals surface area contributed by atoms with Gasteiger partial charge >= 0.3 is 0 Å². The molecule has 4 heteroatoms. The SMILES string of the molecule is C(=Nc1ccc(N=Nc2ccccc2)cc1)c1ccccn1. The first-order chi connectivity index (χ1) is 10.9. The molecule has 0 aliphatic carbocycles. The van der Waals surface area contributed by atoms with Crippen LogP contribution in [-0.2, 0) is 0 Å². The molecule has 0 fully saturated rings.